The Balaban J connectivity index is 3.95. The second kappa shape index (κ2) is 4.14. The molecule has 3 nitrogen and oxygen atoms in total. The lowest BCUT2D eigenvalue weighted by Gasteiger charge is -2.35. The monoisotopic (exact) mass is 189 g/mol. The van der Waals surface area contributed by atoms with Gasteiger partial charge in [0.1, 0.15) is 6.54 Å². The summed E-state index contributed by atoms with van der Waals surface area (Å²) in [5.74, 6) is 0. The van der Waals surface area contributed by atoms with Crippen LogP contribution in [0.15, 0.2) is 5.18 Å². The summed E-state index contributed by atoms with van der Waals surface area (Å²) < 4.78 is 5.68. The normalized spacial score (nSPS) is 13.1. The molecular formula is C8H19NO2Si. The van der Waals surface area contributed by atoms with Gasteiger partial charge in [-0.05, 0) is 18.1 Å². The number of nitrogens with zero attached hydrogens (tertiary/aromatic N) is 1. The van der Waals surface area contributed by atoms with E-state index in [1.165, 1.54) is 0 Å². The van der Waals surface area contributed by atoms with E-state index in [4.69, 9.17) is 4.43 Å². The van der Waals surface area contributed by atoms with Crippen molar-refractivity contribution in [2.45, 2.75) is 38.9 Å². The lowest BCUT2D eigenvalue weighted by atomic mass is 10.2. The fraction of sp³-hybridized carbons (Fsp3) is 1.00. The zero-order valence-corrected chi connectivity index (χ0v) is 9.68. The standard InChI is InChI=1S/C8H19NO2Si/c1-8(2,3)12(4,5)11-7-6-9-10/h6-7H2,1-5H3. The molecule has 0 aliphatic rings. The minimum Gasteiger partial charge on any atom is -0.415 e. The number of hydrogen-bond acceptors (Lipinski definition) is 3. The summed E-state index contributed by atoms with van der Waals surface area (Å²) in [5, 5.41) is 2.99. The van der Waals surface area contributed by atoms with Crippen molar-refractivity contribution in [1.29, 1.82) is 0 Å². The number of hydrogen-bond donors (Lipinski definition) is 0. The summed E-state index contributed by atoms with van der Waals surface area (Å²) in [5.41, 5.74) is 0. The van der Waals surface area contributed by atoms with Crippen molar-refractivity contribution in [2.75, 3.05) is 13.2 Å². The molecule has 0 fully saturated rings. The Hall–Kier alpha value is -0.223. The molecule has 0 atom stereocenters. The molecule has 4 heteroatoms. The molecule has 0 aromatic rings. The van der Waals surface area contributed by atoms with E-state index in [1.807, 2.05) is 0 Å². The van der Waals surface area contributed by atoms with Crippen LogP contribution in [0.3, 0.4) is 0 Å². The SMILES string of the molecule is CC(C)(C)[Si](C)(C)OCCN=O. The maximum Gasteiger partial charge on any atom is 0.192 e. The number of nitroso groups, excluding NO2 is 1. The van der Waals surface area contributed by atoms with Crippen LogP contribution >= 0.6 is 0 Å². The largest absolute Gasteiger partial charge is 0.415 e. The molecule has 72 valence electrons. The van der Waals surface area contributed by atoms with Gasteiger partial charge >= 0.3 is 0 Å². The van der Waals surface area contributed by atoms with E-state index in [1.54, 1.807) is 0 Å². The molecule has 0 aromatic carbocycles. The van der Waals surface area contributed by atoms with Gasteiger partial charge in [-0.1, -0.05) is 25.9 Å². The van der Waals surface area contributed by atoms with Crippen molar-refractivity contribution in [2.24, 2.45) is 5.18 Å². The molecule has 0 saturated heterocycles. The number of rotatable bonds is 4. The smallest absolute Gasteiger partial charge is 0.192 e. The van der Waals surface area contributed by atoms with Crippen molar-refractivity contribution in [3.63, 3.8) is 0 Å². The second-order valence-corrected chi connectivity index (χ2v) is 9.27. The van der Waals surface area contributed by atoms with Gasteiger partial charge in [-0.3, -0.25) is 0 Å². The third kappa shape index (κ3) is 3.45. The minimum absolute atomic E-state index is 0.218. The first kappa shape index (κ1) is 11.8. The lowest BCUT2D eigenvalue weighted by Crippen LogP contribution is -2.41. The first-order chi connectivity index (χ1) is 5.31. The van der Waals surface area contributed by atoms with Crippen LogP contribution in [0.5, 0.6) is 0 Å². The summed E-state index contributed by atoms with van der Waals surface area (Å²) in [6.07, 6.45) is 0. The van der Waals surface area contributed by atoms with Gasteiger partial charge < -0.3 is 4.43 Å². The molecule has 0 N–H and O–H groups in total. The van der Waals surface area contributed by atoms with Crippen molar-refractivity contribution in [3.05, 3.63) is 4.91 Å². The Labute approximate surface area is 75.6 Å². The molecule has 0 aliphatic carbocycles. The maximum atomic E-state index is 9.83. The van der Waals surface area contributed by atoms with Gasteiger partial charge in [0.05, 0.1) is 6.61 Å². The maximum absolute atomic E-state index is 9.83. The minimum atomic E-state index is -1.64. The van der Waals surface area contributed by atoms with Crippen LogP contribution in [-0.4, -0.2) is 21.5 Å². The molecule has 12 heavy (non-hydrogen) atoms. The third-order valence-corrected chi connectivity index (χ3v) is 6.99. The fourth-order valence-corrected chi connectivity index (χ4v) is 1.59. The Bertz CT molecular complexity index is 152. The van der Waals surface area contributed by atoms with Crippen LogP contribution in [0.25, 0.3) is 0 Å². The molecule has 0 rings (SSSR count). The molecular weight excluding hydrogens is 170 g/mol. The van der Waals surface area contributed by atoms with Crippen LogP contribution in [0.2, 0.25) is 18.1 Å². The molecule has 0 aliphatic heterocycles. The molecule has 0 saturated carbocycles. The first-order valence-electron chi connectivity index (χ1n) is 4.24. The van der Waals surface area contributed by atoms with Crippen molar-refractivity contribution < 1.29 is 4.43 Å². The van der Waals surface area contributed by atoms with Gasteiger partial charge in [0.25, 0.3) is 0 Å². The molecule has 0 unspecified atom stereocenters. The topological polar surface area (TPSA) is 38.7 Å². The van der Waals surface area contributed by atoms with Crippen LogP contribution in [-0.2, 0) is 4.43 Å². The Morgan fingerprint density at radius 1 is 1.33 bits per heavy atom. The second-order valence-electron chi connectivity index (χ2n) is 4.46. The van der Waals surface area contributed by atoms with E-state index in [0.717, 1.165) is 0 Å². The van der Waals surface area contributed by atoms with Crippen molar-refractivity contribution in [1.82, 2.24) is 0 Å². The average molecular weight is 189 g/mol. The van der Waals surface area contributed by atoms with Gasteiger partial charge in [0.2, 0.25) is 0 Å². The van der Waals surface area contributed by atoms with Crippen LogP contribution in [0.1, 0.15) is 20.8 Å². The summed E-state index contributed by atoms with van der Waals surface area (Å²) in [6, 6.07) is 0. The van der Waals surface area contributed by atoms with Gasteiger partial charge in [-0.25, -0.2) is 0 Å². The van der Waals surface area contributed by atoms with Gasteiger partial charge in [-0.15, -0.1) is 0 Å². The van der Waals surface area contributed by atoms with E-state index in [2.05, 4.69) is 39.0 Å². The third-order valence-electron chi connectivity index (χ3n) is 2.45. The molecule has 0 bridgehead atoms. The average Bonchev–Trinajstić information content (AvgIpc) is 1.85. The van der Waals surface area contributed by atoms with Crippen LogP contribution in [0, 0.1) is 4.91 Å². The van der Waals surface area contributed by atoms with Gasteiger partial charge in [0, 0.05) is 0 Å². The zero-order valence-electron chi connectivity index (χ0n) is 8.68. The molecule has 0 heterocycles. The predicted octanol–water partition coefficient (Wildman–Crippen LogP) is 2.77. The highest BCUT2D eigenvalue weighted by Crippen LogP contribution is 2.36. The molecule has 0 radical (unpaired) electrons. The van der Waals surface area contributed by atoms with E-state index < -0.39 is 8.32 Å². The molecule has 0 spiro atoms. The summed E-state index contributed by atoms with van der Waals surface area (Å²) in [7, 11) is -1.64. The Kier molecular flexibility index (Phi) is 4.06. The van der Waals surface area contributed by atoms with E-state index in [9.17, 15) is 4.91 Å². The van der Waals surface area contributed by atoms with E-state index in [0.29, 0.717) is 6.61 Å². The van der Waals surface area contributed by atoms with Crippen molar-refractivity contribution in [3.8, 4) is 0 Å². The summed E-state index contributed by atoms with van der Waals surface area (Å²) >= 11 is 0. The zero-order chi connectivity index (χ0) is 9.83. The van der Waals surface area contributed by atoms with Gasteiger partial charge in [-0.2, -0.15) is 4.91 Å². The Morgan fingerprint density at radius 3 is 2.17 bits per heavy atom. The molecule has 0 amide bonds. The van der Waals surface area contributed by atoms with E-state index in [-0.39, 0.29) is 11.6 Å². The van der Waals surface area contributed by atoms with E-state index >= 15 is 0 Å². The van der Waals surface area contributed by atoms with Crippen LogP contribution < -0.4 is 0 Å². The fourth-order valence-electron chi connectivity index (χ4n) is 0.555. The quantitative estimate of drug-likeness (QED) is 0.387. The van der Waals surface area contributed by atoms with Crippen molar-refractivity contribution >= 4 is 8.32 Å². The highest BCUT2D eigenvalue weighted by Gasteiger charge is 2.36. The predicted molar refractivity (Wildman–Crippen MR) is 53.8 cm³/mol. The van der Waals surface area contributed by atoms with Gasteiger partial charge in [0.15, 0.2) is 8.32 Å². The highest BCUT2D eigenvalue weighted by atomic mass is 28.4. The van der Waals surface area contributed by atoms with Crippen LogP contribution in [0.4, 0.5) is 0 Å². The lowest BCUT2D eigenvalue weighted by molar-refractivity contribution is 0.298. The summed E-state index contributed by atoms with van der Waals surface area (Å²) in [4.78, 5) is 9.83. The first-order valence-corrected chi connectivity index (χ1v) is 7.15. The summed E-state index contributed by atoms with van der Waals surface area (Å²) in [6.45, 7) is 11.6. The molecule has 0 aromatic heterocycles. The Morgan fingerprint density at radius 2 is 1.83 bits per heavy atom. The highest BCUT2D eigenvalue weighted by molar-refractivity contribution is 6.74.